The van der Waals surface area contributed by atoms with Crippen molar-refractivity contribution < 1.29 is 0 Å². The van der Waals surface area contributed by atoms with Crippen molar-refractivity contribution >= 4 is 0 Å². The van der Waals surface area contributed by atoms with Crippen molar-refractivity contribution in [1.29, 1.82) is 0 Å². The van der Waals surface area contributed by atoms with E-state index in [2.05, 4.69) is 11.0 Å². The lowest BCUT2D eigenvalue weighted by Crippen LogP contribution is -2.32. The van der Waals surface area contributed by atoms with Crippen LogP contribution in [0, 0.1) is 0 Å². The SMILES string of the molecule is CN(C)CCn1c2c(cc(CN)c1=O)CCCCC2. The van der Waals surface area contributed by atoms with Crippen molar-refractivity contribution in [3.63, 3.8) is 0 Å². The Morgan fingerprint density at radius 1 is 1.26 bits per heavy atom. The lowest BCUT2D eigenvalue weighted by Gasteiger charge is -2.19. The molecule has 2 rings (SSSR count). The smallest absolute Gasteiger partial charge is 0.255 e. The lowest BCUT2D eigenvalue weighted by atomic mass is 10.1. The summed E-state index contributed by atoms with van der Waals surface area (Å²) in [5.41, 5.74) is 9.20. The highest BCUT2D eigenvalue weighted by Gasteiger charge is 2.16. The summed E-state index contributed by atoms with van der Waals surface area (Å²) in [6.07, 6.45) is 5.79. The van der Waals surface area contributed by atoms with E-state index in [1.165, 1.54) is 30.5 Å². The summed E-state index contributed by atoms with van der Waals surface area (Å²) in [4.78, 5) is 14.6. The molecule has 0 unspecified atom stereocenters. The molecule has 0 bridgehead atoms. The summed E-state index contributed by atoms with van der Waals surface area (Å²) in [5.74, 6) is 0. The second kappa shape index (κ2) is 6.35. The number of aromatic nitrogens is 1. The van der Waals surface area contributed by atoms with E-state index < -0.39 is 0 Å². The van der Waals surface area contributed by atoms with E-state index in [4.69, 9.17) is 5.73 Å². The van der Waals surface area contributed by atoms with E-state index in [-0.39, 0.29) is 5.56 Å². The number of aryl methyl sites for hydroxylation is 1. The van der Waals surface area contributed by atoms with Gasteiger partial charge in [-0.15, -0.1) is 0 Å². The standard InChI is InChI=1S/C15H25N3O/c1-17(2)8-9-18-14-7-5-3-4-6-12(14)10-13(11-16)15(18)19/h10H,3-9,11,16H2,1-2H3. The number of hydrogen-bond donors (Lipinski definition) is 1. The molecule has 0 fully saturated rings. The molecule has 0 aromatic carbocycles. The van der Waals surface area contributed by atoms with Crippen molar-refractivity contribution in [3.8, 4) is 0 Å². The van der Waals surface area contributed by atoms with Crippen molar-refractivity contribution in [2.75, 3.05) is 20.6 Å². The van der Waals surface area contributed by atoms with Crippen LogP contribution in [0.1, 0.15) is 36.1 Å². The first kappa shape index (κ1) is 14.3. The van der Waals surface area contributed by atoms with Crippen LogP contribution in [0.4, 0.5) is 0 Å². The fraction of sp³-hybridized carbons (Fsp3) is 0.667. The van der Waals surface area contributed by atoms with Gasteiger partial charge in [0, 0.05) is 30.9 Å². The molecule has 1 aromatic heterocycles. The van der Waals surface area contributed by atoms with Gasteiger partial charge in [-0.3, -0.25) is 4.79 Å². The Morgan fingerprint density at radius 2 is 2.00 bits per heavy atom. The average Bonchev–Trinajstić information content (AvgIpc) is 2.61. The molecule has 0 atom stereocenters. The Kier molecular flexibility index (Phi) is 4.77. The predicted octanol–water partition coefficient (Wildman–Crippen LogP) is 1.14. The van der Waals surface area contributed by atoms with E-state index in [1.807, 2.05) is 18.7 Å². The van der Waals surface area contributed by atoms with Gasteiger partial charge in [0.2, 0.25) is 0 Å². The van der Waals surface area contributed by atoms with Gasteiger partial charge in [0.1, 0.15) is 0 Å². The largest absolute Gasteiger partial charge is 0.326 e. The zero-order valence-electron chi connectivity index (χ0n) is 12.1. The van der Waals surface area contributed by atoms with Crippen LogP contribution in [0.25, 0.3) is 0 Å². The summed E-state index contributed by atoms with van der Waals surface area (Å²) in [6, 6.07) is 2.05. The first-order valence-corrected chi connectivity index (χ1v) is 7.22. The number of nitrogens with two attached hydrogens (primary N) is 1. The quantitative estimate of drug-likeness (QED) is 0.829. The van der Waals surface area contributed by atoms with Crippen LogP contribution in [-0.2, 0) is 25.9 Å². The molecule has 1 aromatic rings. The minimum absolute atomic E-state index is 0.116. The predicted molar refractivity (Wildman–Crippen MR) is 78.4 cm³/mol. The van der Waals surface area contributed by atoms with Crippen LogP contribution in [0.5, 0.6) is 0 Å². The van der Waals surface area contributed by atoms with Crippen LogP contribution in [0.2, 0.25) is 0 Å². The highest BCUT2D eigenvalue weighted by atomic mass is 16.1. The Balaban J connectivity index is 2.44. The van der Waals surface area contributed by atoms with Gasteiger partial charge in [-0.05, 0) is 51.4 Å². The molecule has 4 nitrogen and oxygen atoms in total. The van der Waals surface area contributed by atoms with E-state index in [0.717, 1.165) is 31.5 Å². The first-order valence-electron chi connectivity index (χ1n) is 7.22. The molecule has 106 valence electrons. The normalized spacial score (nSPS) is 15.4. The van der Waals surface area contributed by atoms with Crippen LogP contribution in [0.15, 0.2) is 10.9 Å². The van der Waals surface area contributed by atoms with E-state index >= 15 is 0 Å². The Morgan fingerprint density at radius 3 is 2.68 bits per heavy atom. The third-order valence-corrected chi connectivity index (χ3v) is 3.92. The van der Waals surface area contributed by atoms with Crippen LogP contribution in [0.3, 0.4) is 0 Å². The summed E-state index contributed by atoms with van der Waals surface area (Å²) in [6.45, 7) is 2.00. The number of likely N-dealkylation sites (N-methyl/N-ethyl adjacent to an activating group) is 1. The number of pyridine rings is 1. The van der Waals surface area contributed by atoms with Gasteiger partial charge in [0.25, 0.3) is 5.56 Å². The lowest BCUT2D eigenvalue weighted by molar-refractivity contribution is 0.376. The monoisotopic (exact) mass is 263 g/mol. The molecule has 4 heteroatoms. The summed E-state index contributed by atoms with van der Waals surface area (Å²) in [5, 5.41) is 0. The summed E-state index contributed by atoms with van der Waals surface area (Å²) < 4.78 is 1.98. The minimum atomic E-state index is 0.116. The maximum absolute atomic E-state index is 12.5. The third-order valence-electron chi connectivity index (χ3n) is 3.92. The number of nitrogens with zero attached hydrogens (tertiary/aromatic N) is 2. The zero-order chi connectivity index (χ0) is 13.8. The van der Waals surface area contributed by atoms with Gasteiger partial charge in [0.05, 0.1) is 0 Å². The second-order valence-corrected chi connectivity index (χ2v) is 5.67. The number of hydrogen-bond acceptors (Lipinski definition) is 3. The fourth-order valence-electron chi connectivity index (χ4n) is 2.80. The number of rotatable bonds is 4. The minimum Gasteiger partial charge on any atom is -0.326 e. The van der Waals surface area contributed by atoms with Crippen molar-refractivity contribution in [1.82, 2.24) is 9.47 Å². The number of fused-ring (bicyclic) bond motifs is 1. The Bertz CT molecular complexity index is 491. The summed E-state index contributed by atoms with van der Waals surface area (Å²) >= 11 is 0. The van der Waals surface area contributed by atoms with Crippen LogP contribution >= 0.6 is 0 Å². The van der Waals surface area contributed by atoms with Gasteiger partial charge in [-0.1, -0.05) is 6.42 Å². The molecular weight excluding hydrogens is 238 g/mol. The molecule has 0 spiro atoms. The Hall–Kier alpha value is -1.13. The van der Waals surface area contributed by atoms with Gasteiger partial charge >= 0.3 is 0 Å². The molecule has 0 aliphatic heterocycles. The van der Waals surface area contributed by atoms with Crippen LogP contribution in [-0.4, -0.2) is 30.1 Å². The highest BCUT2D eigenvalue weighted by molar-refractivity contribution is 5.28. The molecule has 0 saturated heterocycles. The molecule has 2 N–H and O–H groups in total. The zero-order valence-corrected chi connectivity index (χ0v) is 12.1. The van der Waals surface area contributed by atoms with Gasteiger partial charge < -0.3 is 15.2 Å². The molecule has 0 saturated carbocycles. The molecular formula is C15H25N3O. The van der Waals surface area contributed by atoms with Crippen molar-refractivity contribution in [3.05, 3.63) is 33.2 Å². The van der Waals surface area contributed by atoms with Crippen LogP contribution < -0.4 is 11.3 Å². The molecule has 1 aliphatic rings. The molecule has 0 radical (unpaired) electrons. The highest BCUT2D eigenvalue weighted by Crippen LogP contribution is 2.20. The fourth-order valence-corrected chi connectivity index (χ4v) is 2.80. The molecule has 0 amide bonds. The molecule has 1 aliphatic carbocycles. The molecule has 19 heavy (non-hydrogen) atoms. The third kappa shape index (κ3) is 3.25. The van der Waals surface area contributed by atoms with Gasteiger partial charge in [-0.2, -0.15) is 0 Å². The Labute approximate surface area is 115 Å². The van der Waals surface area contributed by atoms with Crippen molar-refractivity contribution in [2.45, 2.75) is 45.2 Å². The maximum Gasteiger partial charge on any atom is 0.255 e. The second-order valence-electron chi connectivity index (χ2n) is 5.67. The summed E-state index contributed by atoms with van der Waals surface area (Å²) in [7, 11) is 4.08. The first-order chi connectivity index (χ1) is 9.13. The molecule has 1 heterocycles. The van der Waals surface area contributed by atoms with E-state index in [1.54, 1.807) is 0 Å². The maximum atomic E-state index is 12.5. The average molecular weight is 263 g/mol. The van der Waals surface area contributed by atoms with Gasteiger partial charge in [0.15, 0.2) is 0 Å². The van der Waals surface area contributed by atoms with E-state index in [9.17, 15) is 4.79 Å². The topological polar surface area (TPSA) is 51.3 Å². The van der Waals surface area contributed by atoms with Crippen molar-refractivity contribution in [2.24, 2.45) is 5.73 Å². The van der Waals surface area contributed by atoms with Gasteiger partial charge in [-0.25, -0.2) is 0 Å². The van der Waals surface area contributed by atoms with E-state index in [0.29, 0.717) is 6.54 Å².